The summed E-state index contributed by atoms with van der Waals surface area (Å²) in [5.74, 6) is 0.323. The van der Waals surface area contributed by atoms with E-state index in [2.05, 4.69) is 20.5 Å². The lowest BCUT2D eigenvalue weighted by Gasteiger charge is -2.05. The van der Waals surface area contributed by atoms with E-state index in [9.17, 15) is 14.9 Å². The molecule has 96 valence electrons. The van der Waals surface area contributed by atoms with E-state index in [1.807, 2.05) is 6.07 Å². The summed E-state index contributed by atoms with van der Waals surface area (Å²) in [5.41, 5.74) is -0.221. The van der Waals surface area contributed by atoms with Crippen LogP contribution in [-0.4, -0.2) is 20.1 Å². The van der Waals surface area contributed by atoms with Crippen molar-refractivity contribution < 1.29 is 4.92 Å². The second-order valence-corrected chi connectivity index (χ2v) is 3.58. The van der Waals surface area contributed by atoms with Gasteiger partial charge in [0.25, 0.3) is 5.69 Å². The van der Waals surface area contributed by atoms with E-state index >= 15 is 0 Å². The highest BCUT2D eigenvalue weighted by Gasteiger charge is 2.14. The summed E-state index contributed by atoms with van der Waals surface area (Å²) in [6.45, 7) is 0.117. The molecule has 0 fully saturated rings. The molecule has 9 nitrogen and oxygen atoms in total. The molecule has 2 aromatic rings. The lowest BCUT2D eigenvalue weighted by molar-refractivity contribution is -0.384. The van der Waals surface area contributed by atoms with E-state index in [1.54, 1.807) is 0 Å². The molecule has 0 saturated heterocycles. The Balaban J connectivity index is 2.22. The van der Waals surface area contributed by atoms with E-state index in [-0.39, 0.29) is 23.5 Å². The van der Waals surface area contributed by atoms with Crippen LogP contribution in [0.5, 0.6) is 0 Å². The first kappa shape index (κ1) is 12.3. The first-order valence-corrected chi connectivity index (χ1v) is 5.16. The lowest BCUT2D eigenvalue weighted by atomic mass is 10.2. The number of rotatable bonds is 4. The molecule has 0 unspecified atom stereocenters. The number of benzene rings is 1. The van der Waals surface area contributed by atoms with E-state index < -0.39 is 10.6 Å². The van der Waals surface area contributed by atoms with Crippen LogP contribution in [0.2, 0.25) is 0 Å². The van der Waals surface area contributed by atoms with E-state index in [1.165, 1.54) is 18.2 Å². The average Bonchev–Trinajstić information content (AvgIpc) is 2.82. The maximum atomic E-state index is 10.9. The molecule has 0 spiro atoms. The second kappa shape index (κ2) is 5.01. The summed E-state index contributed by atoms with van der Waals surface area (Å²) in [4.78, 5) is 23.5. The van der Waals surface area contributed by atoms with Crippen LogP contribution < -0.4 is 11.0 Å². The average molecular weight is 260 g/mol. The highest BCUT2D eigenvalue weighted by molar-refractivity contribution is 5.63. The number of nitro groups is 1. The number of H-pyrrole nitrogens is 2. The molecule has 0 saturated carbocycles. The van der Waals surface area contributed by atoms with Crippen molar-refractivity contribution in [3.63, 3.8) is 0 Å². The Morgan fingerprint density at radius 3 is 2.89 bits per heavy atom. The van der Waals surface area contributed by atoms with Crippen LogP contribution in [0.3, 0.4) is 0 Å². The monoisotopic (exact) mass is 260 g/mol. The van der Waals surface area contributed by atoms with Gasteiger partial charge in [-0.25, -0.2) is 9.89 Å². The van der Waals surface area contributed by atoms with Gasteiger partial charge in [-0.1, -0.05) is 0 Å². The highest BCUT2D eigenvalue weighted by Crippen LogP contribution is 2.25. The van der Waals surface area contributed by atoms with Crippen LogP contribution in [0.1, 0.15) is 11.4 Å². The molecule has 0 aliphatic carbocycles. The van der Waals surface area contributed by atoms with Crippen molar-refractivity contribution in [2.24, 2.45) is 0 Å². The predicted octanol–water partition coefficient (Wildman–Crippen LogP) is 0.490. The zero-order valence-corrected chi connectivity index (χ0v) is 9.51. The van der Waals surface area contributed by atoms with Gasteiger partial charge in [-0.05, 0) is 12.1 Å². The summed E-state index contributed by atoms with van der Waals surface area (Å²) >= 11 is 0. The predicted molar refractivity (Wildman–Crippen MR) is 64.3 cm³/mol. The van der Waals surface area contributed by atoms with Gasteiger partial charge in [0.1, 0.15) is 11.5 Å². The Morgan fingerprint density at radius 2 is 2.32 bits per heavy atom. The molecule has 0 aliphatic heterocycles. The minimum atomic E-state index is -0.587. The van der Waals surface area contributed by atoms with Gasteiger partial charge in [-0.3, -0.25) is 15.1 Å². The van der Waals surface area contributed by atoms with Crippen molar-refractivity contribution >= 4 is 11.4 Å². The van der Waals surface area contributed by atoms with Crippen LogP contribution in [0.15, 0.2) is 23.0 Å². The molecule has 1 aromatic carbocycles. The molecule has 0 radical (unpaired) electrons. The second-order valence-electron chi connectivity index (χ2n) is 3.58. The standard InChI is InChI=1S/C10H8N6O3/c11-4-6-1-2-7(8(3-6)16(18)19)12-5-9-13-10(17)15-14-9/h1-3,12H,5H2,(H2,13,14,15,17). The van der Waals surface area contributed by atoms with Gasteiger partial charge in [0, 0.05) is 6.07 Å². The van der Waals surface area contributed by atoms with Crippen molar-refractivity contribution in [3.8, 4) is 6.07 Å². The number of nitro benzene ring substituents is 1. The number of anilines is 1. The molecular formula is C10H8N6O3. The van der Waals surface area contributed by atoms with Crippen molar-refractivity contribution in [2.45, 2.75) is 6.54 Å². The number of aromatic nitrogens is 3. The lowest BCUT2D eigenvalue weighted by Crippen LogP contribution is -2.06. The number of hydrogen-bond donors (Lipinski definition) is 3. The van der Waals surface area contributed by atoms with Crippen LogP contribution in [0.4, 0.5) is 11.4 Å². The van der Waals surface area contributed by atoms with E-state index in [4.69, 9.17) is 5.26 Å². The van der Waals surface area contributed by atoms with Crippen molar-refractivity contribution in [3.05, 3.63) is 50.2 Å². The van der Waals surface area contributed by atoms with Crippen molar-refractivity contribution in [2.75, 3.05) is 5.32 Å². The van der Waals surface area contributed by atoms with Crippen LogP contribution in [-0.2, 0) is 6.54 Å². The molecule has 0 atom stereocenters. The fraction of sp³-hybridized carbons (Fsp3) is 0.100. The quantitative estimate of drug-likeness (QED) is 0.539. The molecule has 1 heterocycles. The highest BCUT2D eigenvalue weighted by atomic mass is 16.6. The SMILES string of the molecule is N#Cc1ccc(NCc2n[nH]c(=O)[nH]2)c([N+](=O)[O-])c1. The summed E-state index contributed by atoms with van der Waals surface area (Å²) < 4.78 is 0. The van der Waals surface area contributed by atoms with Crippen molar-refractivity contribution in [1.29, 1.82) is 5.26 Å². The minimum absolute atomic E-state index is 0.117. The Morgan fingerprint density at radius 1 is 1.53 bits per heavy atom. The third-order valence-electron chi connectivity index (χ3n) is 2.32. The van der Waals surface area contributed by atoms with Gasteiger partial charge in [0.2, 0.25) is 0 Å². The number of hydrogen-bond acceptors (Lipinski definition) is 6. The third kappa shape index (κ3) is 2.75. The van der Waals surface area contributed by atoms with Gasteiger partial charge in [0.15, 0.2) is 0 Å². The molecule has 3 N–H and O–H groups in total. The summed E-state index contributed by atoms with van der Waals surface area (Å²) in [6.07, 6.45) is 0. The Bertz CT molecular complexity index is 711. The third-order valence-corrected chi connectivity index (χ3v) is 2.32. The van der Waals surface area contributed by atoms with Crippen LogP contribution >= 0.6 is 0 Å². The fourth-order valence-corrected chi connectivity index (χ4v) is 1.47. The largest absolute Gasteiger partial charge is 0.372 e. The zero-order chi connectivity index (χ0) is 13.8. The molecule has 0 aliphatic rings. The number of nitriles is 1. The minimum Gasteiger partial charge on any atom is -0.372 e. The Kier molecular flexibility index (Phi) is 3.24. The van der Waals surface area contributed by atoms with Crippen LogP contribution in [0, 0.1) is 21.4 Å². The Labute approximate surface area is 106 Å². The first-order chi connectivity index (χ1) is 9.10. The van der Waals surface area contributed by atoms with Gasteiger partial charge < -0.3 is 5.32 Å². The number of aromatic amines is 2. The topological polar surface area (TPSA) is 140 Å². The molecule has 1 aromatic heterocycles. The first-order valence-electron chi connectivity index (χ1n) is 5.16. The maximum Gasteiger partial charge on any atom is 0.340 e. The number of nitrogens with one attached hydrogen (secondary N) is 3. The smallest absolute Gasteiger partial charge is 0.340 e. The van der Waals surface area contributed by atoms with Gasteiger partial charge in [-0.2, -0.15) is 10.4 Å². The molecule has 19 heavy (non-hydrogen) atoms. The molecule has 2 rings (SSSR count). The Hall–Kier alpha value is -3.15. The summed E-state index contributed by atoms with van der Waals surface area (Å²) in [6, 6.07) is 5.90. The van der Waals surface area contributed by atoms with Gasteiger partial charge in [0.05, 0.1) is 23.1 Å². The van der Waals surface area contributed by atoms with Crippen LogP contribution in [0.25, 0.3) is 0 Å². The number of nitrogens with zero attached hydrogens (tertiary/aromatic N) is 3. The molecule has 9 heteroatoms. The molecule has 0 amide bonds. The molecular weight excluding hydrogens is 252 g/mol. The van der Waals surface area contributed by atoms with Gasteiger partial charge in [-0.15, -0.1) is 0 Å². The van der Waals surface area contributed by atoms with Crippen molar-refractivity contribution in [1.82, 2.24) is 15.2 Å². The normalized spacial score (nSPS) is 9.84. The van der Waals surface area contributed by atoms with E-state index in [0.717, 1.165) is 0 Å². The zero-order valence-electron chi connectivity index (χ0n) is 9.51. The molecule has 0 bridgehead atoms. The maximum absolute atomic E-state index is 10.9. The summed E-state index contributed by atoms with van der Waals surface area (Å²) in [5, 5.41) is 28.2. The fourth-order valence-electron chi connectivity index (χ4n) is 1.47. The van der Waals surface area contributed by atoms with Gasteiger partial charge >= 0.3 is 5.69 Å². The summed E-state index contributed by atoms with van der Waals surface area (Å²) in [7, 11) is 0. The van der Waals surface area contributed by atoms with E-state index in [0.29, 0.717) is 5.82 Å².